The second-order valence-electron chi connectivity index (χ2n) is 5.05. The van der Waals surface area contributed by atoms with Crippen LogP contribution in [0.25, 0.3) is 0 Å². The first-order valence-electron chi connectivity index (χ1n) is 6.55. The van der Waals surface area contributed by atoms with E-state index in [-0.39, 0.29) is 6.04 Å². The first-order chi connectivity index (χ1) is 9.06. The van der Waals surface area contributed by atoms with Crippen molar-refractivity contribution in [3.63, 3.8) is 0 Å². The molecule has 0 aliphatic heterocycles. The van der Waals surface area contributed by atoms with Gasteiger partial charge in [-0.1, -0.05) is 26.0 Å². The van der Waals surface area contributed by atoms with Gasteiger partial charge in [0.25, 0.3) is 0 Å². The molecule has 0 aliphatic rings. The number of hydrogen-bond acceptors (Lipinski definition) is 3. The summed E-state index contributed by atoms with van der Waals surface area (Å²) in [6, 6.07) is 11.8. The van der Waals surface area contributed by atoms with Gasteiger partial charge in [0.2, 0.25) is 5.88 Å². The minimum atomic E-state index is -0.0210. The summed E-state index contributed by atoms with van der Waals surface area (Å²) in [5, 5.41) is 0. The van der Waals surface area contributed by atoms with Crippen LogP contribution in [0.3, 0.4) is 0 Å². The molecule has 0 aliphatic carbocycles. The number of aromatic nitrogens is 1. The summed E-state index contributed by atoms with van der Waals surface area (Å²) in [6.45, 7) is 6.26. The van der Waals surface area contributed by atoms with Gasteiger partial charge in [-0.05, 0) is 42.2 Å². The predicted octanol–water partition coefficient (Wildman–Crippen LogP) is 4.02. The van der Waals surface area contributed by atoms with Gasteiger partial charge in [0.1, 0.15) is 5.75 Å². The Labute approximate surface area is 114 Å². The maximum Gasteiger partial charge on any atom is 0.219 e. The quantitative estimate of drug-likeness (QED) is 0.898. The lowest BCUT2D eigenvalue weighted by Crippen LogP contribution is -2.05. The normalized spacial score (nSPS) is 12.5. The third-order valence-electron chi connectivity index (χ3n) is 3.03. The van der Waals surface area contributed by atoms with Gasteiger partial charge >= 0.3 is 0 Å². The SMILES string of the molecule is CC(C)c1cccc(Oc2cc([C@H](C)N)ccn2)c1. The topological polar surface area (TPSA) is 48.1 Å². The van der Waals surface area contributed by atoms with E-state index in [1.54, 1.807) is 6.20 Å². The number of nitrogens with zero attached hydrogens (tertiary/aromatic N) is 1. The highest BCUT2D eigenvalue weighted by molar-refractivity contribution is 5.34. The van der Waals surface area contributed by atoms with Gasteiger partial charge in [-0.25, -0.2) is 4.98 Å². The van der Waals surface area contributed by atoms with Gasteiger partial charge in [-0.15, -0.1) is 0 Å². The van der Waals surface area contributed by atoms with Crippen LogP contribution in [-0.2, 0) is 0 Å². The van der Waals surface area contributed by atoms with Crippen LogP contribution in [0.1, 0.15) is 43.9 Å². The van der Waals surface area contributed by atoms with Gasteiger partial charge in [0, 0.05) is 18.3 Å². The largest absolute Gasteiger partial charge is 0.439 e. The fraction of sp³-hybridized carbons (Fsp3) is 0.312. The van der Waals surface area contributed by atoms with E-state index in [1.807, 2.05) is 37.3 Å². The van der Waals surface area contributed by atoms with E-state index in [0.717, 1.165) is 11.3 Å². The highest BCUT2D eigenvalue weighted by Crippen LogP contribution is 2.25. The molecule has 0 spiro atoms. The molecule has 0 fully saturated rings. The summed E-state index contributed by atoms with van der Waals surface area (Å²) in [5.74, 6) is 1.86. The summed E-state index contributed by atoms with van der Waals surface area (Å²) in [7, 11) is 0. The third kappa shape index (κ3) is 3.55. The van der Waals surface area contributed by atoms with Crippen LogP contribution in [0.15, 0.2) is 42.6 Å². The van der Waals surface area contributed by atoms with E-state index in [9.17, 15) is 0 Å². The molecular weight excluding hydrogens is 236 g/mol. The molecule has 0 amide bonds. The zero-order valence-electron chi connectivity index (χ0n) is 11.6. The molecule has 2 rings (SSSR count). The molecule has 0 radical (unpaired) electrons. The fourth-order valence-corrected chi connectivity index (χ4v) is 1.82. The number of rotatable bonds is 4. The maximum absolute atomic E-state index is 5.86. The first-order valence-corrected chi connectivity index (χ1v) is 6.55. The van der Waals surface area contributed by atoms with E-state index in [1.165, 1.54) is 5.56 Å². The van der Waals surface area contributed by atoms with Crippen molar-refractivity contribution in [1.82, 2.24) is 4.98 Å². The molecule has 3 heteroatoms. The van der Waals surface area contributed by atoms with E-state index < -0.39 is 0 Å². The van der Waals surface area contributed by atoms with Gasteiger partial charge in [-0.3, -0.25) is 0 Å². The molecule has 0 saturated heterocycles. The van der Waals surface area contributed by atoms with Crippen molar-refractivity contribution in [3.8, 4) is 11.6 Å². The van der Waals surface area contributed by atoms with Gasteiger partial charge < -0.3 is 10.5 Å². The van der Waals surface area contributed by atoms with Crippen molar-refractivity contribution in [3.05, 3.63) is 53.7 Å². The second-order valence-corrected chi connectivity index (χ2v) is 5.05. The van der Waals surface area contributed by atoms with E-state index in [0.29, 0.717) is 11.8 Å². The summed E-state index contributed by atoms with van der Waals surface area (Å²) in [4.78, 5) is 4.21. The molecule has 0 saturated carbocycles. The third-order valence-corrected chi connectivity index (χ3v) is 3.03. The zero-order valence-corrected chi connectivity index (χ0v) is 11.6. The van der Waals surface area contributed by atoms with Crippen LogP contribution in [0, 0.1) is 0 Å². The Morgan fingerprint density at radius 1 is 1.05 bits per heavy atom. The van der Waals surface area contributed by atoms with Crippen LogP contribution >= 0.6 is 0 Å². The van der Waals surface area contributed by atoms with Crippen molar-refractivity contribution < 1.29 is 4.74 Å². The smallest absolute Gasteiger partial charge is 0.219 e. The van der Waals surface area contributed by atoms with E-state index in [2.05, 4.69) is 24.9 Å². The lowest BCUT2D eigenvalue weighted by atomic mass is 10.0. The van der Waals surface area contributed by atoms with Crippen molar-refractivity contribution in [1.29, 1.82) is 0 Å². The average molecular weight is 256 g/mol. The Bertz CT molecular complexity index is 500. The van der Waals surface area contributed by atoms with Crippen molar-refractivity contribution >= 4 is 0 Å². The highest BCUT2D eigenvalue weighted by atomic mass is 16.5. The second kappa shape index (κ2) is 5.85. The fourth-order valence-electron chi connectivity index (χ4n) is 1.82. The van der Waals surface area contributed by atoms with Gasteiger partial charge in [0.15, 0.2) is 0 Å². The minimum absolute atomic E-state index is 0.0210. The number of benzene rings is 1. The minimum Gasteiger partial charge on any atom is -0.439 e. The monoisotopic (exact) mass is 256 g/mol. The van der Waals surface area contributed by atoms with E-state index >= 15 is 0 Å². The molecule has 1 aromatic carbocycles. The van der Waals surface area contributed by atoms with Crippen molar-refractivity contribution in [2.24, 2.45) is 5.73 Å². The Morgan fingerprint density at radius 3 is 2.53 bits per heavy atom. The molecule has 2 N–H and O–H groups in total. The summed E-state index contributed by atoms with van der Waals surface area (Å²) < 4.78 is 5.79. The Balaban J connectivity index is 2.21. The van der Waals surface area contributed by atoms with Crippen molar-refractivity contribution in [2.75, 3.05) is 0 Å². The molecule has 1 heterocycles. The molecule has 0 bridgehead atoms. The van der Waals surface area contributed by atoms with E-state index in [4.69, 9.17) is 10.5 Å². The number of hydrogen-bond donors (Lipinski definition) is 1. The Morgan fingerprint density at radius 2 is 1.84 bits per heavy atom. The predicted molar refractivity (Wildman–Crippen MR) is 77.4 cm³/mol. The molecule has 3 nitrogen and oxygen atoms in total. The van der Waals surface area contributed by atoms with Gasteiger partial charge in [0.05, 0.1) is 0 Å². The van der Waals surface area contributed by atoms with Crippen LogP contribution in [0.2, 0.25) is 0 Å². The molecule has 2 aromatic rings. The molecule has 1 atom stereocenters. The number of pyridine rings is 1. The zero-order chi connectivity index (χ0) is 13.8. The molecular formula is C16H20N2O. The van der Waals surface area contributed by atoms with Crippen LogP contribution in [-0.4, -0.2) is 4.98 Å². The average Bonchev–Trinajstić information content (AvgIpc) is 2.39. The number of nitrogens with two attached hydrogens (primary N) is 1. The standard InChI is InChI=1S/C16H20N2O/c1-11(2)13-5-4-6-15(9-13)19-16-10-14(12(3)17)7-8-18-16/h4-12H,17H2,1-3H3/t12-/m0/s1. The summed E-state index contributed by atoms with van der Waals surface area (Å²) in [6.07, 6.45) is 1.72. The lowest BCUT2D eigenvalue weighted by molar-refractivity contribution is 0.460. The summed E-state index contributed by atoms with van der Waals surface area (Å²) in [5.41, 5.74) is 8.13. The van der Waals surface area contributed by atoms with Gasteiger partial charge in [-0.2, -0.15) is 0 Å². The summed E-state index contributed by atoms with van der Waals surface area (Å²) >= 11 is 0. The Kier molecular flexibility index (Phi) is 4.17. The first kappa shape index (κ1) is 13.6. The molecule has 100 valence electrons. The maximum atomic E-state index is 5.86. The van der Waals surface area contributed by atoms with Crippen molar-refractivity contribution in [2.45, 2.75) is 32.7 Å². The Hall–Kier alpha value is -1.87. The molecule has 19 heavy (non-hydrogen) atoms. The van der Waals surface area contributed by atoms with Crippen LogP contribution in [0.4, 0.5) is 0 Å². The number of ether oxygens (including phenoxy) is 1. The highest BCUT2D eigenvalue weighted by Gasteiger charge is 2.05. The molecule has 1 aromatic heterocycles. The lowest BCUT2D eigenvalue weighted by Gasteiger charge is -2.10. The van der Waals surface area contributed by atoms with Crippen LogP contribution < -0.4 is 10.5 Å². The molecule has 0 unspecified atom stereocenters. The van der Waals surface area contributed by atoms with Crippen LogP contribution in [0.5, 0.6) is 11.6 Å².